The number of urea groups is 1. The van der Waals surface area contributed by atoms with Gasteiger partial charge < -0.3 is 19.9 Å². The summed E-state index contributed by atoms with van der Waals surface area (Å²) in [5.41, 5.74) is 2.12. The van der Waals surface area contributed by atoms with Gasteiger partial charge in [-0.1, -0.05) is 0 Å². The molecule has 24 heavy (non-hydrogen) atoms. The Kier molecular flexibility index (Phi) is 5.30. The Morgan fingerprint density at radius 3 is 2.71 bits per heavy atom. The summed E-state index contributed by atoms with van der Waals surface area (Å²) in [7, 11) is 0. The molecule has 7 heteroatoms. The molecule has 1 N–H and O–H groups in total. The molecule has 1 aromatic heterocycles. The van der Waals surface area contributed by atoms with E-state index in [1.165, 1.54) is 0 Å². The van der Waals surface area contributed by atoms with Gasteiger partial charge >= 0.3 is 6.03 Å². The predicted octanol–water partition coefficient (Wildman–Crippen LogP) is 0.923. The summed E-state index contributed by atoms with van der Waals surface area (Å²) in [5, 5.41) is 2.94. The van der Waals surface area contributed by atoms with E-state index in [-0.39, 0.29) is 18.0 Å². The third kappa shape index (κ3) is 3.84. The van der Waals surface area contributed by atoms with Gasteiger partial charge in [-0.05, 0) is 37.0 Å². The molecular formula is C17H24N4O3. The predicted molar refractivity (Wildman–Crippen MR) is 88.3 cm³/mol. The average molecular weight is 332 g/mol. The second kappa shape index (κ2) is 7.61. The van der Waals surface area contributed by atoms with E-state index in [0.29, 0.717) is 39.3 Å². The fourth-order valence-corrected chi connectivity index (χ4v) is 3.09. The lowest BCUT2D eigenvalue weighted by Crippen LogP contribution is -2.54. The van der Waals surface area contributed by atoms with Crippen molar-refractivity contribution in [2.45, 2.75) is 32.4 Å². The van der Waals surface area contributed by atoms with E-state index in [0.717, 1.165) is 24.0 Å². The van der Waals surface area contributed by atoms with E-state index in [2.05, 4.69) is 10.3 Å². The Morgan fingerprint density at radius 2 is 2.04 bits per heavy atom. The van der Waals surface area contributed by atoms with Gasteiger partial charge in [0.15, 0.2) is 0 Å². The largest absolute Gasteiger partial charge is 0.368 e. The minimum absolute atomic E-state index is 0.0694. The highest BCUT2D eigenvalue weighted by Crippen LogP contribution is 2.16. The molecule has 2 fully saturated rings. The van der Waals surface area contributed by atoms with Crippen molar-refractivity contribution in [3.8, 4) is 0 Å². The number of carbonyl (C=O) groups is 2. The smallest absolute Gasteiger partial charge is 0.317 e. The van der Waals surface area contributed by atoms with E-state index in [9.17, 15) is 9.59 Å². The summed E-state index contributed by atoms with van der Waals surface area (Å²) in [4.78, 5) is 32.2. The van der Waals surface area contributed by atoms with Crippen LogP contribution in [0.1, 0.15) is 24.0 Å². The fourth-order valence-electron chi connectivity index (χ4n) is 3.09. The van der Waals surface area contributed by atoms with Crippen molar-refractivity contribution in [2.75, 3.05) is 32.8 Å². The Labute approximate surface area is 142 Å². The molecule has 0 aromatic carbocycles. The molecule has 2 aliphatic heterocycles. The maximum Gasteiger partial charge on any atom is 0.317 e. The van der Waals surface area contributed by atoms with Crippen molar-refractivity contribution in [3.63, 3.8) is 0 Å². The Bertz CT molecular complexity index is 593. The van der Waals surface area contributed by atoms with E-state index < -0.39 is 0 Å². The number of rotatable bonds is 3. The number of pyridine rings is 1. The lowest BCUT2D eigenvalue weighted by molar-refractivity contribution is -0.142. The Hall–Kier alpha value is -2.15. The molecule has 2 aliphatic rings. The van der Waals surface area contributed by atoms with Gasteiger partial charge in [0.2, 0.25) is 0 Å². The Morgan fingerprint density at radius 1 is 1.29 bits per heavy atom. The van der Waals surface area contributed by atoms with Crippen LogP contribution in [0.25, 0.3) is 0 Å². The lowest BCUT2D eigenvalue weighted by Gasteiger charge is -2.35. The molecule has 7 nitrogen and oxygen atoms in total. The number of aromatic nitrogens is 1. The first-order valence-electron chi connectivity index (χ1n) is 8.48. The highest BCUT2D eigenvalue weighted by Gasteiger charge is 2.31. The van der Waals surface area contributed by atoms with Gasteiger partial charge in [-0.2, -0.15) is 0 Å². The zero-order valence-electron chi connectivity index (χ0n) is 14.0. The summed E-state index contributed by atoms with van der Waals surface area (Å²) in [6.45, 7) is 5.39. The minimum Gasteiger partial charge on any atom is -0.368 e. The molecular weight excluding hydrogens is 308 g/mol. The number of ether oxygens (including phenoxy) is 1. The van der Waals surface area contributed by atoms with Gasteiger partial charge in [-0.25, -0.2) is 4.79 Å². The van der Waals surface area contributed by atoms with Crippen LogP contribution >= 0.6 is 0 Å². The van der Waals surface area contributed by atoms with Gasteiger partial charge in [0.05, 0.1) is 0 Å². The molecule has 3 amide bonds. The molecule has 0 spiro atoms. The molecule has 3 rings (SSSR count). The summed E-state index contributed by atoms with van der Waals surface area (Å²) >= 11 is 0. The first-order valence-corrected chi connectivity index (χ1v) is 8.48. The maximum atomic E-state index is 12.3. The highest BCUT2D eigenvalue weighted by molar-refractivity contribution is 5.81. The monoisotopic (exact) mass is 332 g/mol. The van der Waals surface area contributed by atoms with Crippen LogP contribution in [-0.4, -0.2) is 65.6 Å². The van der Waals surface area contributed by atoms with Crippen molar-refractivity contribution in [1.82, 2.24) is 20.1 Å². The maximum absolute atomic E-state index is 12.3. The highest BCUT2D eigenvalue weighted by atomic mass is 16.5. The van der Waals surface area contributed by atoms with E-state index in [1.54, 1.807) is 17.3 Å². The van der Waals surface area contributed by atoms with Crippen molar-refractivity contribution in [3.05, 3.63) is 29.6 Å². The molecule has 130 valence electrons. The van der Waals surface area contributed by atoms with Crippen molar-refractivity contribution in [2.24, 2.45) is 0 Å². The first-order chi connectivity index (χ1) is 11.6. The average Bonchev–Trinajstić information content (AvgIpc) is 3.15. The number of carbonyl (C=O) groups excluding carboxylic acids is 2. The van der Waals surface area contributed by atoms with Gasteiger partial charge in [-0.15, -0.1) is 0 Å². The van der Waals surface area contributed by atoms with Crippen LogP contribution in [0.15, 0.2) is 18.5 Å². The number of hydrogen-bond acceptors (Lipinski definition) is 4. The number of nitrogens with zero attached hydrogens (tertiary/aromatic N) is 3. The summed E-state index contributed by atoms with van der Waals surface area (Å²) in [6.07, 6.45) is 5.00. The molecule has 0 bridgehead atoms. The zero-order chi connectivity index (χ0) is 16.9. The van der Waals surface area contributed by atoms with Crippen LogP contribution in [0.3, 0.4) is 0 Å². The van der Waals surface area contributed by atoms with Gasteiger partial charge in [-0.3, -0.25) is 9.78 Å². The molecule has 0 radical (unpaired) electrons. The van der Waals surface area contributed by atoms with E-state index >= 15 is 0 Å². The number of amides is 3. The zero-order valence-corrected chi connectivity index (χ0v) is 14.0. The Balaban J connectivity index is 1.45. The minimum atomic E-state index is -0.278. The number of nitrogens with one attached hydrogen (secondary N) is 1. The van der Waals surface area contributed by atoms with Crippen molar-refractivity contribution >= 4 is 11.9 Å². The number of hydrogen-bond donors (Lipinski definition) is 1. The number of aryl methyl sites for hydroxylation is 1. The normalized spacial score (nSPS) is 21.0. The van der Waals surface area contributed by atoms with Crippen LogP contribution in [0.4, 0.5) is 4.79 Å². The summed E-state index contributed by atoms with van der Waals surface area (Å²) < 4.78 is 5.45. The van der Waals surface area contributed by atoms with Crippen LogP contribution < -0.4 is 5.32 Å². The fraction of sp³-hybridized carbons (Fsp3) is 0.588. The SMILES string of the molecule is Cc1cnccc1CNC(=O)N1CCN(C(=O)C2CCCO2)CC1. The molecule has 1 aromatic rings. The molecule has 2 saturated heterocycles. The second-order valence-corrected chi connectivity index (χ2v) is 6.27. The van der Waals surface area contributed by atoms with Crippen LogP contribution in [0, 0.1) is 6.92 Å². The first kappa shape index (κ1) is 16.7. The van der Waals surface area contributed by atoms with Crippen molar-refractivity contribution < 1.29 is 14.3 Å². The van der Waals surface area contributed by atoms with Crippen LogP contribution in [-0.2, 0) is 16.1 Å². The molecule has 3 heterocycles. The van der Waals surface area contributed by atoms with Crippen LogP contribution in [0.2, 0.25) is 0 Å². The molecule has 1 atom stereocenters. The molecule has 0 saturated carbocycles. The standard InChI is InChI=1S/C17H24N4O3/c1-13-11-18-5-4-14(13)12-19-17(23)21-8-6-20(7-9-21)16(22)15-3-2-10-24-15/h4-5,11,15H,2-3,6-10,12H2,1H3,(H,19,23). The van der Waals surface area contributed by atoms with E-state index in [1.807, 2.05) is 17.9 Å². The lowest BCUT2D eigenvalue weighted by atomic mass is 10.1. The third-order valence-electron chi connectivity index (χ3n) is 4.65. The topological polar surface area (TPSA) is 74.8 Å². The summed E-state index contributed by atoms with van der Waals surface area (Å²) in [5.74, 6) is 0.0694. The van der Waals surface area contributed by atoms with E-state index in [4.69, 9.17) is 4.74 Å². The quantitative estimate of drug-likeness (QED) is 0.893. The van der Waals surface area contributed by atoms with Gasteiger partial charge in [0.25, 0.3) is 5.91 Å². The second-order valence-electron chi connectivity index (χ2n) is 6.27. The summed E-state index contributed by atoms with van der Waals surface area (Å²) in [6, 6.07) is 1.82. The number of piperazine rings is 1. The van der Waals surface area contributed by atoms with Gasteiger partial charge in [0, 0.05) is 51.7 Å². The molecule has 0 aliphatic carbocycles. The van der Waals surface area contributed by atoms with Crippen LogP contribution in [0.5, 0.6) is 0 Å². The molecule has 1 unspecified atom stereocenters. The van der Waals surface area contributed by atoms with Crippen molar-refractivity contribution in [1.29, 1.82) is 0 Å². The van der Waals surface area contributed by atoms with Gasteiger partial charge in [0.1, 0.15) is 6.10 Å². The third-order valence-corrected chi connectivity index (χ3v) is 4.65.